The van der Waals surface area contributed by atoms with Crippen LogP contribution in [0.15, 0.2) is 42.6 Å². The average Bonchev–Trinajstić information content (AvgIpc) is 3.20. The van der Waals surface area contributed by atoms with Gasteiger partial charge in [0.05, 0.1) is 5.56 Å². The molecule has 1 amide bonds. The molecule has 33 heavy (non-hydrogen) atoms. The number of carbonyl (C=O) groups excluding carboxylic acids is 1. The molecule has 1 aromatic carbocycles. The van der Waals surface area contributed by atoms with Gasteiger partial charge in [0, 0.05) is 41.7 Å². The number of benzene rings is 1. The Morgan fingerprint density at radius 3 is 2.42 bits per heavy atom. The molecule has 0 bridgehead atoms. The van der Waals surface area contributed by atoms with Crippen molar-refractivity contribution in [3.05, 3.63) is 65.1 Å². The highest BCUT2D eigenvalue weighted by Gasteiger charge is 2.14. The molecule has 2 heterocycles. The van der Waals surface area contributed by atoms with Gasteiger partial charge in [-0.25, -0.2) is 4.98 Å². The molecule has 0 spiro atoms. The summed E-state index contributed by atoms with van der Waals surface area (Å²) >= 11 is 0. The van der Waals surface area contributed by atoms with Crippen molar-refractivity contribution in [2.75, 3.05) is 5.32 Å². The molecular formula is C27H31N3O3. The topological polar surface area (TPSA) is 83.7 Å². The van der Waals surface area contributed by atoms with Crippen LogP contribution < -0.4 is 5.32 Å². The minimum atomic E-state index is -0.710. The zero-order chi connectivity index (χ0) is 23.6. The number of nitrogens with one attached hydrogen (secondary N) is 1. The second kappa shape index (κ2) is 11.9. The second-order valence-corrected chi connectivity index (χ2v) is 8.31. The second-order valence-electron chi connectivity index (χ2n) is 8.31. The van der Waals surface area contributed by atoms with E-state index in [2.05, 4.69) is 22.1 Å². The van der Waals surface area contributed by atoms with E-state index in [0.29, 0.717) is 11.2 Å². The van der Waals surface area contributed by atoms with Gasteiger partial charge in [0.2, 0.25) is 0 Å². The standard InChI is InChI=1S/C27H31N3O3/c1-20-19-21(2)30-18-17-24(26(30)28-20)27(33)29-23-15-13-22(14-16-23)11-9-7-5-3-4-6-8-10-12-25(31)32/h13-19H,3-8,10,12H2,1-2H3,(H,29,33)(H,31,32). The first kappa shape index (κ1) is 24.1. The Bertz CT molecular complexity index is 1170. The van der Waals surface area contributed by atoms with Crippen LogP contribution in [0.2, 0.25) is 0 Å². The van der Waals surface area contributed by atoms with Crippen LogP contribution in [0.3, 0.4) is 0 Å². The Labute approximate surface area is 195 Å². The van der Waals surface area contributed by atoms with Gasteiger partial charge in [-0.2, -0.15) is 0 Å². The number of carbonyl (C=O) groups is 2. The van der Waals surface area contributed by atoms with Crippen LogP contribution in [0.5, 0.6) is 0 Å². The quantitative estimate of drug-likeness (QED) is 0.307. The molecule has 0 unspecified atom stereocenters. The van der Waals surface area contributed by atoms with Crippen molar-refractivity contribution < 1.29 is 14.7 Å². The maximum atomic E-state index is 12.8. The summed E-state index contributed by atoms with van der Waals surface area (Å²) in [5.74, 6) is 5.48. The molecule has 2 aromatic heterocycles. The third-order valence-corrected chi connectivity index (χ3v) is 5.50. The van der Waals surface area contributed by atoms with Crippen LogP contribution in [0, 0.1) is 25.7 Å². The molecule has 0 aliphatic rings. The Kier molecular flexibility index (Phi) is 8.65. The van der Waals surface area contributed by atoms with Gasteiger partial charge >= 0.3 is 5.97 Å². The molecular weight excluding hydrogens is 414 g/mol. The van der Waals surface area contributed by atoms with E-state index in [1.54, 1.807) is 6.07 Å². The van der Waals surface area contributed by atoms with E-state index in [0.717, 1.165) is 67.6 Å². The molecule has 3 aromatic rings. The van der Waals surface area contributed by atoms with Crippen molar-refractivity contribution in [1.82, 2.24) is 9.38 Å². The van der Waals surface area contributed by atoms with Gasteiger partial charge in [-0.3, -0.25) is 9.59 Å². The molecule has 0 saturated heterocycles. The fourth-order valence-corrected chi connectivity index (χ4v) is 3.77. The number of aliphatic carboxylic acids is 1. The number of fused-ring (bicyclic) bond motifs is 1. The van der Waals surface area contributed by atoms with Crippen molar-refractivity contribution >= 4 is 23.2 Å². The summed E-state index contributed by atoms with van der Waals surface area (Å²) in [6, 6.07) is 11.3. The highest BCUT2D eigenvalue weighted by molar-refractivity contribution is 6.08. The molecule has 0 atom stereocenters. The van der Waals surface area contributed by atoms with Gasteiger partial charge in [-0.15, -0.1) is 0 Å². The smallest absolute Gasteiger partial charge is 0.303 e. The fraction of sp³-hybridized carbons (Fsp3) is 0.370. The number of anilines is 1. The Hall–Kier alpha value is -3.59. The third kappa shape index (κ3) is 7.21. The normalized spacial score (nSPS) is 10.6. The Morgan fingerprint density at radius 1 is 1.00 bits per heavy atom. The van der Waals surface area contributed by atoms with Crippen molar-refractivity contribution in [3.63, 3.8) is 0 Å². The lowest BCUT2D eigenvalue weighted by Gasteiger charge is -2.06. The van der Waals surface area contributed by atoms with E-state index in [1.165, 1.54) is 0 Å². The highest BCUT2D eigenvalue weighted by Crippen LogP contribution is 2.17. The predicted octanol–water partition coefficient (Wildman–Crippen LogP) is 5.76. The van der Waals surface area contributed by atoms with E-state index < -0.39 is 5.97 Å². The van der Waals surface area contributed by atoms with Crippen LogP contribution in [0.1, 0.15) is 78.7 Å². The fourth-order valence-electron chi connectivity index (χ4n) is 3.77. The van der Waals surface area contributed by atoms with E-state index in [-0.39, 0.29) is 12.3 Å². The zero-order valence-electron chi connectivity index (χ0n) is 19.4. The lowest BCUT2D eigenvalue weighted by atomic mass is 10.1. The predicted molar refractivity (Wildman–Crippen MR) is 131 cm³/mol. The maximum absolute atomic E-state index is 12.8. The number of unbranched alkanes of at least 4 members (excludes halogenated alkanes) is 6. The lowest BCUT2D eigenvalue weighted by molar-refractivity contribution is -0.137. The lowest BCUT2D eigenvalue weighted by Crippen LogP contribution is -2.12. The summed E-state index contributed by atoms with van der Waals surface area (Å²) in [4.78, 5) is 27.7. The summed E-state index contributed by atoms with van der Waals surface area (Å²) in [7, 11) is 0. The minimum absolute atomic E-state index is 0.184. The van der Waals surface area contributed by atoms with Gasteiger partial charge in [-0.05, 0) is 63.1 Å². The van der Waals surface area contributed by atoms with Gasteiger partial charge in [0.15, 0.2) is 0 Å². The number of carboxylic acids is 1. The zero-order valence-corrected chi connectivity index (χ0v) is 19.4. The van der Waals surface area contributed by atoms with Crippen LogP contribution in [0.4, 0.5) is 5.69 Å². The number of hydrogen-bond donors (Lipinski definition) is 2. The number of carboxylic acid groups (broad SMARTS) is 1. The molecule has 3 rings (SSSR count). The van der Waals surface area contributed by atoms with Gasteiger partial charge in [0.1, 0.15) is 5.65 Å². The van der Waals surface area contributed by atoms with Crippen LogP contribution in [-0.2, 0) is 4.79 Å². The number of aromatic nitrogens is 2. The molecule has 0 radical (unpaired) electrons. The van der Waals surface area contributed by atoms with Crippen molar-refractivity contribution in [2.24, 2.45) is 0 Å². The summed E-state index contributed by atoms with van der Waals surface area (Å²) in [5, 5.41) is 11.6. The first-order valence-electron chi connectivity index (χ1n) is 11.5. The first-order valence-corrected chi connectivity index (χ1v) is 11.5. The van der Waals surface area contributed by atoms with Crippen LogP contribution >= 0.6 is 0 Å². The largest absolute Gasteiger partial charge is 0.481 e. The molecule has 0 aliphatic carbocycles. The maximum Gasteiger partial charge on any atom is 0.303 e. The summed E-state index contributed by atoms with van der Waals surface area (Å²) in [5.41, 5.74) is 4.77. The highest BCUT2D eigenvalue weighted by atomic mass is 16.4. The monoisotopic (exact) mass is 445 g/mol. The number of aryl methyl sites for hydroxylation is 2. The SMILES string of the molecule is Cc1cc(C)n2ccc(C(=O)Nc3ccc(C#CCCCCCCCCC(=O)O)cc3)c2n1. The minimum Gasteiger partial charge on any atom is -0.481 e. The first-order chi connectivity index (χ1) is 15.9. The van der Waals surface area contributed by atoms with Crippen LogP contribution in [-0.4, -0.2) is 26.4 Å². The van der Waals surface area contributed by atoms with E-state index >= 15 is 0 Å². The average molecular weight is 446 g/mol. The van der Waals surface area contributed by atoms with E-state index in [9.17, 15) is 9.59 Å². The molecule has 0 fully saturated rings. The summed E-state index contributed by atoms with van der Waals surface area (Å²) < 4.78 is 1.92. The summed E-state index contributed by atoms with van der Waals surface area (Å²) in [6.45, 7) is 3.92. The molecule has 0 saturated carbocycles. The Balaban J connectivity index is 1.44. The van der Waals surface area contributed by atoms with Crippen LogP contribution in [0.25, 0.3) is 5.65 Å². The summed E-state index contributed by atoms with van der Waals surface area (Å²) in [6.07, 6.45) is 9.12. The molecule has 2 N–H and O–H groups in total. The van der Waals surface area contributed by atoms with Crippen molar-refractivity contribution in [1.29, 1.82) is 0 Å². The van der Waals surface area contributed by atoms with E-state index in [1.807, 2.05) is 54.8 Å². The van der Waals surface area contributed by atoms with E-state index in [4.69, 9.17) is 5.11 Å². The molecule has 0 aliphatic heterocycles. The Morgan fingerprint density at radius 2 is 1.70 bits per heavy atom. The van der Waals surface area contributed by atoms with Gasteiger partial charge < -0.3 is 14.8 Å². The van der Waals surface area contributed by atoms with Gasteiger partial charge in [-0.1, -0.05) is 37.5 Å². The number of nitrogens with zero attached hydrogens (tertiary/aromatic N) is 2. The molecule has 6 nitrogen and oxygen atoms in total. The molecule has 6 heteroatoms. The van der Waals surface area contributed by atoms with Crippen molar-refractivity contribution in [3.8, 4) is 11.8 Å². The van der Waals surface area contributed by atoms with Gasteiger partial charge in [0.25, 0.3) is 5.91 Å². The number of amides is 1. The molecule has 172 valence electrons. The third-order valence-electron chi connectivity index (χ3n) is 5.50. The number of rotatable bonds is 10. The van der Waals surface area contributed by atoms with Crippen molar-refractivity contribution in [2.45, 2.75) is 65.2 Å². The number of hydrogen-bond acceptors (Lipinski definition) is 3.